The first-order chi connectivity index (χ1) is 12.9. The van der Waals surface area contributed by atoms with E-state index in [0.717, 1.165) is 29.3 Å². The summed E-state index contributed by atoms with van der Waals surface area (Å²) in [4.78, 5) is 28.4. The van der Waals surface area contributed by atoms with Crippen LogP contribution in [0, 0.1) is 18.6 Å². The molecule has 0 atom stereocenters. The first-order valence-corrected chi connectivity index (χ1v) is 9.01. The molecule has 2 aromatic carbocycles. The van der Waals surface area contributed by atoms with Crippen LogP contribution in [0.3, 0.4) is 0 Å². The molecule has 0 saturated carbocycles. The zero-order valence-corrected chi connectivity index (χ0v) is 15.3. The van der Waals surface area contributed by atoms with Crippen LogP contribution in [-0.4, -0.2) is 47.8 Å². The summed E-state index contributed by atoms with van der Waals surface area (Å²) < 4.78 is 27.2. The summed E-state index contributed by atoms with van der Waals surface area (Å²) in [6.45, 7) is 3.61. The second-order valence-electron chi connectivity index (χ2n) is 6.82. The number of aryl methyl sites for hydroxylation is 1. The van der Waals surface area contributed by atoms with Gasteiger partial charge in [0.1, 0.15) is 11.6 Å². The third-order valence-corrected chi connectivity index (χ3v) is 4.73. The van der Waals surface area contributed by atoms with E-state index in [1.165, 1.54) is 4.90 Å². The molecular formula is C21H22F2N2O2. The summed E-state index contributed by atoms with van der Waals surface area (Å²) in [6, 6.07) is 10.7. The monoisotopic (exact) mass is 372 g/mol. The van der Waals surface area contributed by atoms with Crippen molar-refractivity contribution in [1.29, 1.82) is 0 Å². The Labute approximate surface area is 157 Å². The van der Waals surface area contributed by atoms with Gasteiger partial charge < -0.3 is 9.80 Å². The molecule has 4 nitrogen and oxygen atoms in total. The maximum atomic E-state index is 13.9. The molecule has 142 valence electrons. The third-order valence-electron chi connectivity index (χ3n) is 4.73. The lowest BCUT2D eigenvalue weighted by Gasteiger charge is -2.22. The second kappa shape index (κ2) is 8.29. The molecule has 0 bridgehead atoms. The molecule has 0 aliphatic carbocycles. The van der Waals surface area contributed by atoms with Crippen LogP contribution in [0.1, 0.15) is 27.9 Å². The van der Waals surface area contributed by atoms with Crippen LogP contribution in [0.5, 0.6) is 0 Å². The zero-order chi connectivity index (χ0) is 19.4. The minimum atomic E-state index is -0.738. The highest BCUT2D eigenvalue weighted by Crippen LogP contribution is 2.15. The molecule has 1 aliphatic rings. The van der Waals surface area contributed by atoms with Gasteiger partial charge in [0.15, 0.2) is 0 Å². The second-order valence-corrected chi connectivity index (χ2v) is 6.82. The van der Waals surface area contributed by atoms with E-state index in [0.29, 0.717) is 39.0 Å². The largest absolute Gasteiger partial charge is 0.341 e. The van der Waals surface area contributed by atoms with E-state index in [-0.39, 0.29) is 11.5 Å². The molecule has 2 amide bonds. The first kappa shape index (κ1) is 19.0. The first-order valence-electron chi connectivity index (χ1n) is 9.01. The molecule has 3 rings (SSSR count). The van der Waals surface area contributed by atoms with Crippen molar-refractivity contribution in [2.24, 2.45) is 0 Å². The zero-order valence-electron chi connectivity index (χ0n) is 15.3. The van der Waals surface area contributed by atoms with Crippen LogP contribution >= 0.6 is 0 Å². The SMILES string of the molecule is Cc1cccc(CC(=O)N2CCCN(C(=O)c3cc(F)ccc3F)CC2)c1. The average Bonchev–Trinajstić information content (AvgIpc) is 2.89. The van der Waals surface area contributed by atoms with E-state index in [2.05, 4.69) is 0 Å². The number of hydrogen-bond donors (Lipinski definition) is 0. The van der Waals surface area contributed by atoms with E-state index in [4.69, 9.17) is 0 Å². The highest BCUT2D eigenvalue weighted by molar-refractivity contribution is 5.94. The molecule has 0 aromatic heterocycles. The minimum Gasteiger partial charge on any atom is -0.341 e. The third kappa shape index (κ3) is 4.70. The van der Waals surface area contributed by atoms with Crippen molar-refractivity contribution in [3.63, 3.8) is 0 Å². The molecule has 6 heteroatoms. The summed E-state index contributed by atoms with van der Waals surface area (Å²) in [5.41, 5.74) is 1.79. The molecule has 0 unspecified atom stereocenters. The van der Waals surface area contributed by atoms with E-state index in [9.17, 15) is 18.4 Å². The standard InChI is InChI=1S/C21H22F2N2O2/c1-15-4-2-5-16(12-15)13-20(26)24-8-3-9-25(11-10-24)21(27)18-14-17(22)6-7-19(18)23/h2,4-7,12,14H,3,8-11,13H2,1H3. The highest BCUT2D eigenvalue weighted by atomic mass is 19.1. The topological polar surface area (TPSA) is 40.6 Å². The summed E-state index contributed by atoms with van der Waals surface area (Å²) >= 11 is 0. The number of rotatable bonds is 3. The van der Waals surface area contributed by atoms with Crippen molar-refractivity contribution >= 4 is 11.8 Å². The predicted molar refractivity (Wildman–Crippen MR) is 98.3 cm³/mol. The molecule has 2 aromatic rings. The Morgan fingerprint density at radius 3 is 2.48 bits per heavy atom. The van der Waals surface area contributed by atoms with Crippen molar-refractivity contribution in [2.45, 2.75) is 19.8 Å². The summed E-state index contributed by atoms with van der Waals surface area (Å²) in [5.74, 6) is -1.92. The molecule has 1 fully saturated rings. The van der Waals surface area contributed by atoms with Gasteiger partial charge in [-0.05, 0) is 37.1 Å². The fourth-order valence-corrected chi connectivity index (χ4v) is 3.31. The minimum absolute atomic E-state index is 0.00633. The quantitative estimate of drug-likeness (QED) is 0.830. The maximum Gasteiger partial charge on any atom is 0.256 e. The Balaban J connectivity index is 1.64. The van der Waals surface area contributed by atoms with Gasteiger partial charge in [-0.25, -0.2) is 8.78 Å². The van der Waals surface area contributed by atoms with Gasteiger partial charge in [-0.3, -0.25) is 9.59 Å². The summed E-state index contributed by atoms with van der Waals surface area (Å²) in [7, 11) is 0. The normalized spacial score (nSPS) is 14.8. The van der Waals surface area contributed by atoms with Crippen molar-refractivity contribution in [3.8, 4) is 0 Å². The molecule has 0 radical (unpaired) electrons. The van der Waals surface area contributed by atoms with Crippen LogP contribution < -0.4 is 0 Å². The Kier molecular flexibility index (Phi) is 5.84. The average molecular weight is 372 g/mol. The fourth-order valence-electron chi connectivity index (χ4n) is 3.31. The Bertz CT molecular complexity index is 854. The molecule has 1 heterocycles. The van der Waals surface area contributed by atoms with Gasteiger partial charge in [-0.1, -0.05) is 29.8 Å². The highest BCUT2D eigenvalue weighted by Gasteiger charge is 2.24. The van der Waals surface area contributed by atoms with E-state index in [1.54, 1.807) is 4.90 Å². The summed E-state index contributed by atoms with van der Waals surface area (Å²) in [6.07, 6.45) is 0.913. The van der Waals surface area contributed by atoms with Crippen LogP contribution in [0.25, 0.3) is 0 Å². The van der Waals surface area contributed by atoms with Crippen LogP contribution in [0.15, 0.2) is 42.5 Å². The van der Waals surface area contributed by atoms with Gasteiger partial charge in [0.05, 0.1) is 12.0 Å². The Morgan fingerprint density at radius 2 is 1.70 bits per heavy atom. The van der Waals surface area contributed by atoms with Gasteiger partial charge in [-0.15, -0.1) is 0 Å². The number of amides is 2. The number of carbonyl (C=O) groups is 2. The Morgan fingerprint density at radius 1 is 0.963 bits per heavy atom. The molecule has 1 aliphatic heterocycles. The van der Waals surface area contributed by atoms with Crippen molar-refractivity contribution in [2.75, 3.05) is 26.2 Å². The van der Waals surface area contributed by atoms with Gasteiger partial charge >= 0.3 is 0 Å². The van der Waals surface area contributed by atoms with Crippen molar-refractivity contribution < 1.29 is 18.4 Å². The Hall–Kier alpha value is -2.76. The molecule has 27 heavy (non-hydrogen) atoms. The van der Waals surface area contributed by atoms with E-state index >= 15 is 0 Å². The lowest BCUT2D eigenvalue weighted by molar-refractivity contribution is -0.130. The van der Waals surface area contributed by atoms with Crippen molar-refractivity contribution in [3.05, 3.63) is 70.8 Å². The van der Waals surface area contributed by atoms with Gasteiger partial charge in [0.25, 0.3) is 5.91 Å². The predicted octanol–water partition coefficient (Wildman–Crippen LogP) is 3.19. The van der Waals surface area contributed by atoms with Crippen LogP contribution in [0.4, 0.5) is 8.78 Å². The van der Waals surface area contributed by atoms with Crippen LogP contribution in [0.2, 0.25) is 0 Å². The van der Waals surface area contributed by atoms with Crippen LogP contribution in [-0.2, 0) is 11.2 Å². The number of benzene rings is 2. The summed E-state index contributed by atoms with van der Waals surface area (Å²) in [5, 5.41) is 0. The number of carbonyl (C=O) groups excluding carboxylic acids is 2. The molecule has 1 saturated heterocycles. The molecular weight excluding hydrogens is 350 g/mol. The lowest BCUT2D eigenvalue weighted by Crippen LogP contribution is -2.38. The smallest absolute Gasteiger partial charge is 0.256 e. The van der Waals surface area contributed by atoms with Gasteiger partial charge in [0, 0.05) is 26.2 Å². The van der Waals surface area contributed by atoms with Gasteiger partial charge in [-0.2, -0.15) is 0 Å². The van der Waals surface area contributed by atoms with E-state index < -0.39 is 17.5 Å². The molecule has 0 spiro atoms. The van der Waals surface area contributed by atoms with Crippen molar-refractivity contribution in [1.82, 2.24) is 9.80 Å². The maximum absolute atomic E-state index is 13.9. The lowest BCUT2D eigenvalue weighted by atomic mass is 10.1. The number of halogens is 2. The number of nitrogens with zero attached hydrogens (tertiary/aromatic N) is 2. The number of hydrogen-bond acceptors (Lipinski definition) is 2. The van der Waals surface area contributed by atoms with E-state index in [1.807, 2.05) is 31.2 Å². The van der Waals surface area contributed by atoms with Gasteiger partial charge in [0.2, 0.25) is 5.91 Å². The molecule has 0 N–H and O–H groups in total. The fraction of sp³-hybridized carbons (Fsp3) is 0.333.